The number of fused-ring (bicyclic) bond motifs is 1. The van der Waals surface area contributed by atoms with Crippen LogP contribution in [0.25, 0.3) is 22.3 Å². The third-order valence-electron chi connectivity index (χ3n) is 5.25. The Bertz CT molecular complexity index is 1190. The molecule has 1 saturated heterocycles. The van der Waals surface area contributed by atoms with Crippen LogP contribution in [0.15, 0.2) is 85.0 Å². The molecule has 32 heavy (non-hydrogen) atoms. The van der Waals surface area contributed by atoms with E-state index in [-0.39, 0.29) is 11.6 Å². The quantitative estimate of drug-likeness (QED) is 0.589. The van der Waals surface area contributed by atoms with Gasteiger partial charge in [0, 0.05) is 49.5 Å². The number of pyridine rings is 1. The van der Waals surface area contributed by atoms with Crippen molar-refractivity contribution in [2.24, 2.45) is 0 Å². The van der Waals surface area contributed by atoms with Crippen molar-refractivity contribution in [1.29, 1.82) is 0 Å². The number of carbonyl (C=O) groups excluding carboxylic acids is 1. The first-order valence-electron chi connectivity index (χ1n) is 10.6. The van der Waals surface area contributed by atoms with Crippen molar-refractivity contribution in [3.63, 3.8) is 0 Å². The molecule has 1 fully saturated rings. The molecule has 2 aromatic heterocycles. The number of nitrogens with one attached hydrogen (secondary N) is 2. The highest BCUT2D eigenvalue weighted by atomic mass is 16.1. The number of carbonyl (C=O) groups is 1. The summed E-state index contributed by atoms with van der Waals surface area (Å²) in [6.45, 7) is 9.38. The Hall–Kier alpha value is -3.84. The molecule has 0 aliphatic carbocycles. The van der Waals surface area contributed by atoms with Gasteiger partial charge in [-0.2, -0.15) is 0 Å². The van der Waals surface area contributed by atoms with Crippen molar-refractivity contribution >= 4 is 16.8 Å². The van der Waals surface area contributed by atoms with Crippen LogP contribution in [0.5, 0.6) is 0 Å². The molecule has 3 heterocycles. The highest BCUT2D eigenvalue weighted by molar-refractivity contribution is 5.94. The predicted molar refractivity (Wildman–Crippen MR) is 127 cm³/mol. The van der Waals surface area contributed by atoms with E-state index in [9.17, 15) is 4.79 Å². The van der Waals surface area contributed by atoms with Crippen molar-refractivity contribution in [2.45, 2.75) is 6.92 Å². The van der Waals surface area contributed by atoms with Gasteiger partial charge >= 0.3 is 0 Å². The molecule has 1 amide bonds. The van der Waals surface area contributed by atoms with Crippen LogP contribution in [0.2, 0.25) is 0 Å². The van der Waals surface area contributed by atoms with Gasteiger partial charge in [-0.05, 0) is 37.3 Å². The molecule has 2 N–H and O–H groups in total. The zero-order valence-corrected chi connectivity index (χ0v) is 18.1. The minimum absolute atomic E-state index is 0.280. The number of amides is 1. The largest absolute Gasteiger partial charge is 0.367 e. The fourth-order valence-corrected chi connectivity index (χ4v) is 3.65. The molecule has 0 atom stereocenters. The summed E-state index contributed by atoms with van der Waals surface area (Å²) < 4.78 is 0. The van der Waals surface area contributed by atoms with E-state index in [4.69, 9.17) is 0 Å². The monoisotopic (exact) mass is 426 g/mol. The lowest BCUT2D eigenvalue weighted by Gasteiger charge is -2.31. The van der Waals surface area contributed by atoms with Crippen molar-refractivity contribution in [2.75, 3.05) is 26.2 Å². The third kappa shape index (κ3) is 4.73. The van der Waals surface area contributed by atoms with E-state index in [0.717, 1.165) is 48.3 Å². The van der Waals surface area contributed by atoms with Crippen LogP contribution < -0.4 is 10.6 Å². The maximum absolute atomic E-state index is 13.0. The molecule has 4 rings (SSSR count). The Morgan fingerprint density at radius 3 is 2.78 bits per heavy atom. The molecule has 1 aliphatic rings. The molecule has 3 aromatic rings. The fraction of sp³-hybridized carbons (Fsp3) is 0.200. The Morgan fingerprint density at radius 2 is 2.00 bits per heavy atom. The highest BCUT2D eigenvalue weighted by Gasteiger charge is 2.17. The van der Waals surface area contributed by atoms with E-state index in [1.165, 1.54) is 0 Å². The summed E-state index contributed by atoms with van der Waals surface area (Å²) in [6, 6.07) is 11.4. The van der Waals surface area contributed by atoms with Gasteiger partial charge in [0.2, 0.25) is 0 Å². The minimum Gasteiger partial charge on any atom is -0.367 e. The third-order valence-corrected chi connectivity index (χ3v) is 5.25. The summed E-state index contributed by atoms with van der Waals surface area (Å²) in [7, 11) is 0. The standard InChI is InChI=1S/C25H26N6O/c1-3-7-23(31-14-12-26-13-15-31)20(4-2)30-25(32)22-10-11-27-24(29-22)19-16-18-8-5-6-9-21(18)28-17-19/h3-11,16-17,26H,2,12-15H2,1H3,(H,30,32)/b7-3-,23-20-. The van der Waals surface area contributed by atoms with E-state index in [1.807, 2.05) is 49.4 Å². The van der Waals surface area contributed by atoms with Crippen molar-refractivity contribution < 1.29 is 4.79 Å². The van der Waals surface area contributed by atoms with E-state index in [0.29, 0.717) is 11.5 Å². The van der Waals surface area contributed by atoms with E-state index >= 15 is 0 Å². The van der Waals surface area contributed by atoms with Crippen LogP contribution in [0.4, 0.5) is 0 Å². The minimum atomic E-state index is -0.311. The maximum atomic E-state index is 13.0. The molecule has 7 heteroatoms. The molecule has 162 valence electrons. The molecule has 1 aliphatic heterocycles. The highest BCUT2D eigenvalue weighted by Crippen LogP contribution is 2.20. The van der Waals surface area contributed by atoms with Crippen LogP contribution in [0.3, 0.4) is 0 Å². The smallest absolute Gasteiger partial charge is 0.274 e. The lowest BCUT2D eigenvalue weighted by Crippen LogP contribution is -2.43. The summed E-state index contributed by atoms with van der Waals surface area (Å²) in [4.78, 5) is 28.6. The average molecular weight is 427 g/mol. The zero-order chi connectivity index (χ0) is 22.3. The average Bonchev–Trinajstić information content (AvgIpc) is 2.86. The number of hydrogen-bond donors (Lipinski definition) is 2. The van der Waals surface area contributed by atoms with Gasteiger partial charge in [-0.25, -0.2) is 9.97 Å². The van der Waals surface area contributed by atoms with Gasteiger partial charge in [0.25, 0.3) is 5.91 Å². The Labute approximate surface area is 187 Å². The first-order valence-corrected chi connectivity index (χ1v) is 10.6. The van der Waals surface area contributed by atoms with E-state index in [2.05, 4.69) is 37.1 Å². The number of allylic oxidation sites excluding steroid dienone is 3. The lowest BCUT2D eigenvalue weighted by atomic mass is 10.1. The van der Waals surface area contributed by atoms with Crippen molar-refractivity contribution in [3.8, 4) is 11.4 Å². The number of nitrogens with zero attached hydrogens (tertiary/aromatic N) is 4. The van der Waals surface area contributed by atoms with Gasteiger partial charge < -0.3 is 15.5 Å². The molecular weight excluding hydrogens is 400 g/mol. The Kier molecular flexibility index (Phi) is 6.67. The van der Waals surface area contributed by atoms with Crippen molar-refractivity contribution in [1.82, 2.24) is 30.5 Å². The summed E-state index contributed by atoms with van der Waals surface area (Å²) in [5.41, 5.74) is 3.53. The van der Waals surface area contributed by atoms with Crippen LogP contribution in [0, 0.1) is 0 Å². The molecule has 0 spiro atoms. The second-order valence-corrected chi connectivity index (χ2v) is 7.38. The topological polar surface area (TPSA) is 83.0 Å². The first kappa shape index (κ1) is 21.4. The van der Waals surface area contributed by atoms with Crippen LogP contribution in [0.1, 0.15) is 17.4 Å². The zero-order valence-electron chi connectivity index (χ0n) is 18.1. The Balaban J connectivity index is 1.61. The summed E-state index contributed by atoms with van der Waals surface area (Å²) in [6.07, 6.45) is 8.94. The van der Waals surface area contributed by atoms with Gasteiger partial charge in [-0.1, -0.05) is 30.9 Å². The number of aromatic nitrogens is 3. The predicted octanol–water partition coefficient (Wildman–Crippen LogP) is 3.30. The summed E-state index contributed by atoms with van der Waals surface area (Å²) >= 11 is 0. The number of rotatable bonds is 6. The second kappa shape index (κ2) is 9.98. The molecule has 0 bridgehead atoms. The molecule has 1 aromatic carbocycles. The summed E-state index contributed by atoms with van der Waals surface area (Å²) in [5.74, 6) is 0.144. The first-order chi connectivity index (χ1) is 15.7. The number of para-hydroxylation sites is 1. The second-order valence-electron chi connectivity index (χ2n) is 7.38. The summed E-state index contributed by atoms with van der Waals surface area (Å²) in [5, 5.41) is 7.31. The maximum Gasteiger partial charge on any atom is 0.274 e. The van der Waals surface area contributed by atoms with Crippen LogP contribution in [-0.4, -0.2) is 51.9 Å². The van der Waals surface area contributed by atoms with E-state index in [1.54, 1.807) is 24.5 Å². The van der Waals surface area contributed by atoms with Gasteiger partial charge in [0.15, 0.2) is 5.82 Å². The van der Waals surface area contributed by atoms with Crippen molar-refractivity contribution in [3.05, 3.63) is 90.7 Å². The Morgan fingerprint density at radius 1 is 1.19 bits per heavy atom. The van der Waals surface area contributed by atoms with Gasteiger partial charge in [-0.3, -0.25) is 9.78 Å². The molecule has 0 unspecified atom stereocenters. The van der Waals surface area contributed by atoms with Gasteiger partial charge in [-0.15, -0.1) is 0 Å². The fourth-order valence-electron chi connectivity index (χ4n) is 3.65. The molecule has 7 nitrogen and oxygen atoms in total. The molecular formula is C25H26N6O. The SMILES string of the molecule is C=C/C(NC(=O)c1ccnc(-c2cnc3ccccc3c2)n1)=C(\C=C/C)N1CCNCC1. The number of benzene rings is 1. The van der Waals surface area contributed by atoms with Crippen LogP contribution in [-0.2, 0) is 0 Å². The number of hydrogen-bond acceptors (Lipinski definition) is 6. The number of piperazine rings is 1. The van der Waals surface area contributed by atoms with Gasteiger partial charge in [0.05, 0.1) is 16.9 Å². The lowest BCUT2D eigenvalue weighted by molar-refractivity contribution is 0.0961. The molecule has 0 radical (unpaired) electrons. The van der Waals surface area contributed by atoms with Crippen LogP contribution >= 0.6 is 0 Å². The molecule has 0 saturated carbocycles. The normalized spacial score (nSPS) is 15.0. The van der Waals surface area contributed by atoms with Gasteiger partial charge in [0.1, 0.15) is 5.69 Å². The van der Waals surface area contributed by atoms with E-state index < -0.39 is 0 Å².